The van der Waals surface area contributed by atoms with Gasteiger partial charge in [-0.3, -0.25) is 4.79 Å². The molecule has 1 heterocycles. The van der Waals surface area contributed by atoms with Crippen LogP contribution in [-0.2, 0) is 4.79 Å². The Labute approximate surface area is 165 Å². The summed E-state index contributed by atoms with van der Waals surface area (Å²) in [7, 11) is 0. The van der Waals surface area contributed by atoms with E-state index in [1.54, 1.807) is 0 Å². The van der Waals surface area contributed by atoms with Crippen LogP contribution in [0.15, 0.2) is 60.7 Å². The van der Waals surface area contributed by atoms with Gasteiger partial charge >= 0.3 is 0 Å². The smallest absolute Gasteiger partial charge is 0.235 e. The lowest BCUT2D eigenvalue weighted by Crippen LogP contribution is -2.36. The first-order chi connectivity index (χ1) is 13.5. The highest BCUT2D eigenvalue weighted by molar-refractivity contribution is 6.03. The molecular formula is C25H24N2O. The number of aryl methyl sites for hydroxylation is 2. The van der Waals surface area contributed by atoms with Gasteiger partial charge < -0.3 is 5.32 Å². The predicted molar refractivity (Wildman–Crippen MR) is 115 cm³/mol. The van der Waals surface area contributed by atoms with Crippen molar-refractivity contribution in [3.63, 3.8) is 0 Å². The SMILES string of the molecule is Cc1cccc(NC(=O)C23C=c4ccc(-c5cccc(C)c5)nc4=CC2C3)c1.[HH]. The number of carbonyl (C=O) groups is 1. The van der Waals surface area contributed by atoms with E-state index in [1.807, 2.05) is 37.3 Å². The van der Waals surface area contributed by atoms with Crippen LogP contribution in [0.4, 0.5) is 5.69 Å². The summed E-state index contributed by atoms with van der Waals surface area (Å²) in [4.78, 5) is 17.9. The normalized spacial score (nSPS) is 21.6. The molecule has 0 bridgehead atoms. The van der Waals surface area contributed by atoms with E-state index in [9.17, 15) is 4.79 Å². The lowest BCUT2D eigenvalue weighted by atomic mass is 9.96. The highest BCUT2D eigenvalue weighted by Gasteiger charge is 2.58. The van der Waals surface area contributed by atoms with Crippen molar-refractivity contribution in [3.8, 4) is 11.3 Å². The predicted octanol–water partition coefficient (Wildman–Crippen LogP) is 3.83. The minimum Gasteiger partial charge on any atom is -0.325 e. The van der Waals surface area contributed by atoms with Gasteiger partial charge in [0.2, 0.25) is 5.91 Å². The van der Waals surface area contributed by atoms with Gasteiger partial charge in [0.25, 0.3) is 0 Å². The number of carbonyl (C=O) groups excluding carboxylic acids is 1. The zero-order chi connectivity index (χ0) is 19.3. The summed E-state index contributed by atoms with van der Waals surface area (Å²) in [6.45, 7) is 4.12. The zero-order valence-electron chi connectivity index (χ0n) is 16.1. The van der Waals surface area contributed by atoms with Crippen LogP contribution in [0.2, 0.25) is 0 Å². The van der Waals surface area contributed by atoms with E-state index in [4.69, 9.17) is 4.98 Å². The first kappa shape index (κ1) is 16.9. The topological polar surface area (TPSA) is 42.0 Å². The zero-order valence-corrected chi connectivity index (χ0v) is 16.1. The lowest BCUT2D eigenvalue weighted by molar-refractivity contribution is -0.119. The van der Waals surface area contributed by atoms with E-state index in [0.717, 1.165) is 39.5 Å². The molecule has 1 N–H and O–H groups in total. The summed E-state index contributed by atoms with van der Waals surface area (Å²) in [6.07, 6.45) is 5.14. The maximum atomic E-state index is 13.0. The van der Waals surface area contributed by atoms with Crippen molar-refractivity contribution in [2.24, 2.45) is 11.3 Å². The molecule has 0 radical (unpaired) electrons. The molecule has 1 fully saturated rings. The van der Waals surface area contributed by atoms with Crippen molar-refractivity contribution in [2.45, 2.75) is 20.3 Å². The van der Waals surface area contributed by atoms with Crippen LogP contribution in [0.3, 0.4) is 0 Å². The Morgan fingerprint density at radius 3 is 2.64 bits per heavy atom. The molecule has 1 saturated carbocycles. The highest BCUT2D eigenvalue weighted by atomic mass is 16.2. The van der Waals surface area contributed by atoms with Gasteiger partial charge in [0.1, 0.15) is 0 Å². The van der Waals surface area contributed by atoms with Crippen LogP contribution < -0.4 is 15.9 Å². The summed E-state index contributed by atoms with van der Waals surface area (Å²) in [5, 5.41) is 5.13. The van der Waals surface area contributed by atoms with Crippen LogP contribution in [0.25, 0.3) is 23.4 Å². The molecule has 2 atom stereocenters. The van der Waals surface area contributed by atoms with Crippen LogP contribution in [0, 0.1) is 25.2 Å². The van der Waals surface area contributed by atoms with E-state index >= 15 is 0 Å². The Bertz CT molecular complexity index is 1230. The molecule has 2 aliphatic rings. The van der Waals surface area contributed by atoms with Crippen molar-refractivity contribution in [3.05, 3.63) is 82.4 Å². The fourth-order valence-corrected chi connectivity index (χ4v) is 4.15. The van der Waals surface area contributed by atoms with Gasteiger partial charge in [0.05, 0.1) is 16.5 Å². The molecule has 1 amide bonds. The van der Waals surface area contributed by atoms with Gasteiger partial charge in [-0.05, 0) is 61.2 Å². The Morgan fingerprint density at radius 1 is 1.07 bits per heavy atom. The second-order valence-electron chi connectivity index (χ2n) is 8.03. The third-order valence-corrected chi connectivity index (χ3v) is 5.80. The summed E-state index contributed by atoms with van der Waals surface area (Å²) in [6, 6.07) is 20.5. The summed E-state index contributed by atoms with van der Waals surface area (Å²) < 4.78 is 0. The largest absolute Gasteiger partial charge is 0.325 e. The summed E-state index contributed by atoms with van der Waals surface area (Å²) >= 11 is 0. The molecule has 2 aromatic carbocycles. The number of nitrogens with one attached hydrogen (secondary N) is 1. The minimum atomic E-state index is -0.427. The quantitative estimate of drug-likeness (QED) is 0.763. The van der Waals surface area contributed by atoms with Gasteiger partial charge in [-0.25, -0.2) is 4.98 Å². The number of anilines is 1. The molecule has 0 spiro atoms. The summed E-state index contributed by atoms with van der Waals surface area (Å²) in [5.74, 6) is 0.304. The molecule has 5 rings (SSSR count). The van der Waals surface area contributed by atoms with E-state index < -0.39 is 5.41 Å². The number of benzene rings is 2. The molecule has 0 aliphatic heterocycles. The van der Waals surface area contributed by atoms with Crippen LogP contribution >= 0.6 is 0 Å². The number of nitrogens with zero attached hydrogens (tertiary/aromatic N) is 1. The van der Waals surface area contributed by atoms with E-state index in [2.05, 4.69) is 54.7 Å². The van der Waals surface area contributed by atoms with Crippen LogP contribution in [-0.4, -0.2) is 10.9 Å². The first-order valence-electron chi connectivity index (χ1n) is 9.70. The van der Waals surface area contributed by atoms with Crippen LogP contribution in [0.1, 0.15) is 19.0 Å². The molecule has 2 aliphatic carbocycles. The number of hydrogen-bond donors (Lipinski definition) is 1. The molecule has 2 unspecified atom stereocenters. The third kappa shape index (κ3) is 2.84. The number of fused-ring (bicyclic) bond motifs is 2. The molecule has 0 saturated heterocycles. The molecule has 1 aromatic heterocycles. The van der Waals surface area contributed by atoms with E-state index in [1.165, 1.54) is 5.56 Å². The number of amides is 1. The van der Waals surface area contributed by atoms with Crippen molar-refractivity contribution in [2.75, 3.05) is 5.32 Å². The Kier molecular flexibility index (Phi) is 3.73. The fourth-order valence-electron chi connectivity index (χ4n) is 4.15. The van der Waals surface area contributed by atoms with Gasteiger partial charge in [-0.1, -0.05) is 54.1 Å². The Hall–Kier alpha value is -3.20. The van der Waals surface area contributed by atoms with Gasteiger partial charge in [0, 0.05) is 12.7 Å². The molecule has 3 nitrogen and oxygen atoms in total. The fraction of sp³-hybridized carbons (Fsp3) is 0.200. The maximum absolute atomic E-state index is 13.0. The van der Waals surface area contributed by atoms with Crippen molar-refractivity contribution < 1.29 is 6.22 Å². The second-order valence-corrected chi connectivity index (χ2v) is 8.03. The number of rotatable bonds is 3. The Morgan fingerprint density at radius 2 is 1.86 bits per heavy atom. The van der Waals surface area contributed by atoms with E-state index in [0.29, 0.717) is 0 Å². The maximum Gasteiger partial charge on any atom is 0.235 e. The number of pyridine rings is 1. The van der Waals surface area contributed by atoms with Crippen molar-refractivity contribution in [1.29, 1.82) is 0 Å². The molecule has 3 aromatic rings. The molecule has 28 heavy (non-hydrogen) atoms. The lowest BCUT2D eigenvalue weighted by Gasteiger charge is -2.15. The summed E-state index contributed by atoms with van der Waals surface area (Å²) in [5.41, 5.74) is 4.90. The minimum absolute atomic E-state index is 0. The highest BCUT2D eigenvalue weighted by Crippen LogP contribution is 2.56. The average Bonchev–Trinajstić information content (AvgIpc) is 3.40. The van der Waals surface area contributed by atoms with Gasteiger partial charge in [-0.15, -0.1) is 0 Å². The number of hydrogen-bond acceptors (Lipinski definition) is 2. The standard InChI is InChI=1S/C25H22N2O.H2/c1-16-5-3-7-18(11-16)22-10-9-19-14-25(15-20(25)13-23(19)27-22)24(28)26-21-8-4-6-17(2)12-21;/h3-14,20H,15H2,1-2H3,(H,26,28);1H. The average molecular weight is 368 g/mol. The van der Waals surface area contributed by atoms with Gasteiger partial charge in [-0.2, -0.15) is 0 Å². The van der Waals surface area contributed by atoms with E-state index in [-0.39, 0.29) is 13.3 Å². The number of aromatic nitrogens is 1. The molecular weight excluding hydrogens is 344 g/mol. The third-order valence-electron chi connectivity index (χ3n) is 5.80. The van der Waals surface area contributed by atoms with Crippen molar-refractivity contribution >= 4 is 23.7 Å². The molecule has 140 valence electrons. The Balaban J connectivity index is 0.00000205. The van der Waals surface area contributed by atoms with Crippen LogP contribution in [0.5, 0.6) is 0 Å². The molecule has 3 heteroatoms. The van der Waals surface area contributed by atoms with Crippen molar-refractivity contribution in [1.82, 2.24) is 4.98 Å². The first-order valence-corrected chi connectivity index (χ1v) is 9.70. The monoisotopic (exact) mass is 368 g/mol. The second kappa shape index (κ2) is 6.16. The van der Waals surface area contributed by atoms with Gasteiger partial charge in [0.15, 0.2) is 0 Å².